The summed E-state index contributed by atoms with van der Waals surface area (Å²) >= 11 is 1.66. The molecule has 0 unspecified atom stereocenters. The van der Waals surface area contributed by atoms with Crippen LogP contribution in [0.2, 0.25) is 0 Å². The van der Waals surface area contributed by atoms with Gasteiger partial charge in [-0.05, 0) is 36.8 Å². The number of thioether (sulfide) groups is 1. The molecule has 1 aromatic carbocycles. The highest BCUT2D eigenvalue weighted by Gasteiger charge is 2.32. The van der Waals surface area contributed by atoms with E-state index < -0.39 is 0 Å². The molecule has 0 spiro atoms. The van der Waals surface area contributed by atoms with E-state index in [1.807, 2.05) is 12.3 Å². The number of methoxy groups -OCH3 is 2. The molecule has 1 aliphatic carbocycles. The fourth-order valence-corrected chi connectivity index (χ4v) is 3.28. The van der Waals surface area contributed by atoms with Gasteiger partial charge in [0.25, 0.3) is 0 Å². The highest BCUT2D eigenvalue weighted by molar-refractivity contribution is 7.98. The van der Waals surface area contributed by atoms with Gasteiger partial charge in [-0.2, -0.15) is 0 Å². The largest absolute Gasteiger partial charge is 0.493 e. The van der Waals surface area contributed by atoms with Crippen molar-refractivity contribution in [3.05, 3.63) is 17.7 Å². The monoisotopic (exact) mass is 267 g/mol. The number of hydrogen-bond donors (Lipinski definition) is 1. The molecule has 1 saturated carbocycles. The Kier molecular flexibility index (Phi) is 4.07. The lowest BCUT2D eigenvalue weighted by molar-refractivity contribution is 0.345. The second-order valence-corrected chi connectivity index (χ2v) is 5.63. The van der Waals surface area contributed by atoms with Crippen molar-refractivity contribution in [1.29, 1.82) is 0 Å². The molecule has 1 fully saturated rings. The first-order valence-electron chi connectivity index (χ1n) is 6.24. The minimum Gasteiger partial charge on any atom is -0.493 e. The van der Waals surface area contributed by atoms with E-state index in [0.717, 1.165) is 29.2 Å². The predicted molar refractivity (Wildman–Crippen MR) is 75.7 cm³/mol. The third-order valence-corrected chi connectivity index (χ3v) is 4.48. The average molecular weight is 267 g/mol. The Morgan fingerprint density at radius 2 is 1.83 bits per heavy atom. The number of benzene rings is 1. The lowest BCUT2D eigenvalue weighted by Gasteiger charge is -2.26. The van der Waals surface area contributed by atoms with Crippen molar-refractivity contribution in [2.45, 2.75) is 36.1 Å². The van der Waals surface area contributed by atoms with E-state index in [4.69, 9.17) is 15.2 Å². The molecular weight excluding hydrogens is 246 g/mol. The van der Waals surface area contributed by atoms with Crippen LogP contribution in [0.4, 0.5) is 0 Å². The fourth-order valence-electron chi connectivity index (χ4n) is 2.66. The minimum absolute atomic E-state index is 0.190. The summed E-state index contributed by atoms with van der Waals surface area (Å²) in [5.41, 5.74) is 7.49. The van der Waals surface area contributed by atoms with Crippen LogP contribution in [0.15, 0.2) is 17.0 Å². The van der Waals surface area contributed by atoms with E-state index in [2.05, 4.69) is 6.07 Å². The van der Waals surface area contributed by atoms with Crippen LogP contribution in [-0.2, 0) is 5.54 Å². The normalized spacial score (nSPS) is 17.8. The maximum atomic E-state index is 6.51. The van der Waals surface area contributed by atoms with Crippen LogP contribution in [0, 0.1) is 0 Å². The van der Waals surface area contributed by atoms with Crippen molar-refractivity contribution in [3.63, 3.8) is 0 Å². The van der Waals surface area contributed by atoms with Gasteiger partial charge < -0.3 is 15.2 Å². The summed E-state index contributed by atoms with van der Waals surface area (Å²) in [5, 5.41) is 0. The molecule has 4 heteroatoms. The molecule has 0 radical (unpaired) electrons. The zero-order valence-corrected chi connectivity index (χ0v) is 12.1. The van der Waals surface area contributed by atoms with Crippen molar-refractivity contribution < 1.29 is 9.47 Å². The van der Waals surface area contributed by atoms with Crippen LogP contribution in [0.25, 0.3) is 0 Å². The van der Waals surface area contributed by atoms with Gasteiger partial charge in [0.2, 0.25) is 0 Å². The van der Waals surface area contributed by atoms with E-state index in [0.29, 0.717) is 0 Å². The van der Waals surface area contributed by atoms with Crippen LogP contribution >= 0.6 is 11.8 Å². The molecule has 0 aliphatic heterocycles. The highest BCUT2D eigenvalue weighted by atomic mass is 32.2. The minimum atomic E-state index is -0.190. The van der Waals surface area contributed by atoms with Crippen LogP contribution in [0.1, 0.15) is 31.2 Å². The number of hydrogen-bond acceptors (Lipinski definition) is 4. The summed E-state index contributed by atoms with van der Waals surface area (Å²) < 4.78 is 10.9. The first-order chi connectivity index (χ1) is 8.64. The van der Waals surface area contributed by atoms with Crippen LogP contribution < -0.4 is 15.2 Å². The molecule has 0 atom stereocenters. The molecule has 0 heterocycles. The Morgan fingerprint density at radius 1 is 1.17 bits per heavy atom. The summed E-state index contributed by atoms with van der Waals surface area (Å²) in [6.45, 7) is 0. The van der Waals surface area contributed by atoms with Gasteiger partial charge in [-0.3, -0.25) is 0 Å². The molecule has 100 valence electrons. The zero-order chi connectivity index (χ0) is 13.2. The molecule has 3 nitrogen and oxygen atoms in total. The van der Waals surface area contributed by atoms with E-state index in [-0.39, 0.29) is 5.54 Å². The topological polar surface area (TPSA) is 44.5 Å². The molecular formula is C14H21NO2S. The molecule has 2 N–H and O–H groups in total. The van der Waals surface area contributed by atoms with Gasteiger partial charge in [0.05, 0.1) is 19.1 Å². The molecule has 2 rings (SSSR count). The first-order valence-corrected chi connectivity index (χ1v) is 7.46. The number of nitrogens with two attached hydrogens (primary N) is 1. The Bertz CT molecular complexity index is 403. The summed E-state index contributed by atoms with van der Waals surface area (Å²) in [4.78, 5) is 1.09. The molecule has 0 bridgehead atoms. The van der Waals surface area contributed by atoms with Gasteiger partial charge in [0.1, 0.15) is 0 Å². The fraction of sp³-hybridized carbons (Fsp3) is 0.571. The molecule has 1 aliphatic rings. The quantitative estimate of drug-likeness (QED) is 0.851. The molecule has 1 aromatic rings. The molecule has 0 amide bonds. The third-order valence-electron chi connectivity index (χ3n) is 3.74. The second-order valence-electron chi connectivity index (χ2n) is 4.78. The van der Waals surface area contributed by atoms with Crippen molar-refractivity contribution in [2.75, 3.05) is 20.5 Å². The number of ether oxygens (including phenoxy) is 2. The van der Waals surface area contributed by atoms with Crippen LogP contribution in [0.3, 0.4) is 0 Å². The van der Waals surface area contributed by atoms with Gasteiger partial charge in [-0.15, -0.1) is 11.8 Å². The van der Waals surface area contributed by atoms with Crippen LogP contribution in [-0.4, -0.2) is 20.5 Å². The summed E-state index contributed by atoms with van der Waals surface area (Å²) in [7, 11) is 3.34. The summed E-state index contributed by atoms with van der Waals surface area (Å²) in [6, 6.07) is 4.18. The smallest absolute Gasteiger partial charge is 0.174 e. The SMILES string of the molecule is COc1cc(C2(N)CCCC2)cc(SC)c1OC. The van der Waals surface area contributed by atoms with Crippen molar-refractivity contribution in [3.8, 4) is 11.5 Å². The Balaban J connectivity index is 2.49. The average Bonchev–Trinajstić information content (AvgIpc) is 2.85. The Labute approximate surface area is 113 Å². The van der Waals surface area contributed by atoms with E-state index in [9.17, 15) is 0 Å². The predicted octanol–water partition coefficient (Wildman–Crippen LogP) is 3.15. The summed E-state index contributed by atoms with van der Waals surface area (Å²) in [6.07, 6.45) is 6.56. The van der Waals surface area contributed by atoms with Gasteiger partial charge >= 0.3 is 0 Å². The van der Waals surface area contributed by atoms with Gasteiger partial charge in [0, 0.05) is 5.54 Å². The van der Waals surface area contributed by atoms with Crippen molar-refractivity contribution >= 4 is 11.8 Å². The van der Waals surface area contributed by atoms with Crippen molar-refractivity contribution in [1.82, 2.24) is 0 Å². The van der Waals surface area contributed by atoms with E-state index >= 15 is 0 Å². The van der Waals surface area contributed by atoms with E-state index in [1.165, 1.54) is 18.4 Å². The maximum absolute atomic E-state index is 6.51. The second kappa shape index (κ2) is 5.41. The third kappa shape index (κ3) is 2.31. The molecule has 18 heavy (non-hydrogen) atoms. The Hall–Kier alpha value is -0.870. The molecule has 0 aromatic heterocycles. The molecule has 0 saturated heterocycles. The standard InChI is InChI=1S/C14H21NO2S/c1-16-11-8-10(14(15)6-4-5-7-14)9-12(18-3)13(11)17-2/h8-9H,4-7,15H2,1-3H3. The highest BCUT2D eigenvalue weighted by Crippen LogP contribution is 2.44. The lowest BCUT2D eigenvalue weighted by atomic mass is 9.89. The van der Waals surface area contributed by atoms with Gasteiger partial charge in [-0.1, -0.05) is 12.8 Å². The summed E-state index contributed by atoms with van der Waals surface area (Å²) in [5.74, 6) is 1.58. The van der Waals surface area contributed by atoms with Gasteiger partial charge in [0.15, 0.2) is 11.5 Å². The Morgan fingerprint density at radius 3 is 2.33 bits per heavy atom. The van der Waals surface area contributed by atoms with E-state index in [1.54, 1.807) is 26.0 Å². The first kappa shape index (κ1) is 13.6. The van der Waals surface area contributed by atoms with Crippen LogP contribution in [0.5, 0.6) is 11.5 Å². The maximum Gasteiger partial charge on any atom is 0.174 e. The lowest BCUT2D eigenvalue weighted by Crippen LogP contribution is -2.33. The van der Waals surface area contributed by atoms with Crippen molar-refractivity contribution in [2.24, 2.45) is 5.73 Å². The van der Waals surface area contributed by atoms with Gasteiger partial charge in [-0.25, -0.2) is 0 Å². The zero-order valence-electron chi connectivity index (χ0n) is 11.3. The number of rotatable bonds is 4.